The summed E-state index contributed by atoms with van der Waals surface area (Å²) in [4.78, 5) is 47.3. The van der Waals surface area contributed by atoms with Crippen molar-refractivity contribution in [1.82, 2.24) is 5.32 Å². The number of carbonyl (C=O) groups excluding carboxylic acids is 3. The number of benzene rings is 1. The second-order valence-corrected chi connectivity index (χ2v) is 6.71. The number of hydrogen-bond donors (Lipinski definition) is 2. The topological polar surface area (TPSA) is 147 Å². The highest BCUT2D eigenvalue weighted by molar-refractivity contribution is 5.85. The van der Waals surface area contributed by atoms with Crippen molar-refractivity contribution in [1.29, 1.82) is 0 Å². The highest BCUT2D eigenvalue weighted by Gasteiger charge is 2.43. The standard InChI is InChI=1S/C21H29NO10.ClH/c1-6-13(4)22-21(18(24)25,32-14(5)23)12-15-9-10-16(30-19(26)28-7-2)17(11-15)31-20(27)29-8-3;/h9-11,13,22H,6-8,12H2,1-5H3,(H,24,25);1H/t13?,21-;/m0./s1. The Kier molecular flexibility index (Phi) is 12.9. The van der Waals surface area contributed by atoms with Gasteiger partial charge in [-0.05, 0) is 44.9 Å². The second kappa shape index (κ2) is 14.2. The van der Waals surface area contributed by atoms with Gasteiger partial charge in [-0.25, -0.2) is 14.4 Å². The normalized spacial score (nSPS) is 12.9. The number of carboxylic acids is 1. The molecule has 0 radical (unpaired) electrons. The van der Waals surface area contributed by atoms with Gasteiger partial charge in [-0.1, -0.05) is 13.0 Å². The predicted molar refractivity (Wildman–Crippen MR) is 118 cm³/mol. The Morgan fingerprint density at radius 1 is 1.00 bits per heavy atom. The number of rotatable bonds is 11. The molecule has 33 heavy (non-hydrogen) atoms. The summed E-state index contributed by atoms with van der Waals surface area (Å²) in [5, 5.41) is 12.7. The van der Waals surface area contributed by atoms with Crippen molar-refractivity contribution >= 4 is 36.7 Å². The Balaban J connectivity index is 0.0000102. The van der Waals surface area contributed by atoms with Crippen molar-refractivity contribution in [3.8, 4) is 11.5 Å². The fourth-order valence-corrected chi connectivity index (χ4v) is 2.63. The number of carboxylic acid groups (broad SMARTS) is 1. The van der Waals surface area contributed by atoms with E-state index in [4.69, 9.17) is 23.7 Å². The van der Waals surface area contributed by atoms with Crippen LogP contribution >= 0.6 is 12.4 Å². The maximum Gasteiger partial charge on any atom is 0.513 e. The van der Waals surface area contributed by atoms with Gasteiger partial charge in [-0.2, -0.15) is 0 Å². The zero-order valence-corrected chi connectivity index (χ0v) is 20.0. The van der Waals surface area contributed by atoms with Crippen molar-refractivity contribution in [3.05, 3.63) is 23.8 Å². The molecule has 1 unspecified atom stereocenters. The van der Waals surface area contributed by atoms with Crippen LogP contribution in [-0.2, 0) is 30.2 Å². The summed E-state index contributed by atoms with van der Waals surface area (Å²) in [5.41, 5.74) is -1.77. The van der Waals surface area contributed by atoms with E-state index in [0.717, 1.165) is 6.92 Å². The number of hydrogen-bond acceptors (Lipinski definition) is 10. The number of nitrogens with one attached hydrogen (secondary N) is 1. The Bertz CT molecular complexity index is 831. The van der Waals surface area contributed by atoms with E-state index in [9.17, 15) is 24.3 Å². The average molecular weight is 492 g/mol. The van der Waals surface area contributed by atoms with Crippen molar-refractivity contribution in [2.45, 2.75) is 59.2 Å². The zero-order chi connectivity index (χ0) is 24.3. The lowest BCUT2D eigenvalue weighted by Gasteiger charge is -2.32. The first-order valence-electron chi connectivity index (χ1n) is 10.1. The van der Waals surface area contributed by atoms with Crippen LogP contribution < -0.4 is 14.8 Å². The molecule has 11 nitrogen and oxygen atoms in total. The summed E-state index contributed by atoms with van der Waals surface area (Å²) in [7, 11) is 0. The van der Waals surface area contributed by atoms with Gasteiger partial charge < -0.3 is 28.8 Å². The van der Waals surface area contributed by atoms with Crippen molar-refractivity contribution < 1.29 is 48.0 Å². The molecule has 0 heterocycles. The van der Waals surface area contributed by atoms with Crippen LogP contribution in [0.5, 0.6) is 11.5 Å². The zero-order valence-electron chi connectivity index (χ0n) is 19.2. The molecule has 2 atom stereocenters. The van der Waals surface area contributed by atoms with Gasteiger partial charge in [0, 0.05) is 19.4 Å². The van der Waals surface area contributed by atoms with Gasteiger partial charge >= 0.3 is 24.2 Å². The number of carbonyl (C=O) groups is 4. The van der Waals surface area contributed by atoms with Crippen LogP contribution in [0.15, 0.2) is 18.2 Å². The average Bonchev–Trinajstić information content (AvgIpc) is 2.69. The van der Waals surface area contributed by atoms with Crippen molar-refractivity contribution in [2.75, 3.05) is 13.2 Å². The Morgan fingerprint density at radius 2 is 1.55 bits per heavy atom. The number of halogens is 1. The minimum absolute atomic E-state index is 0. The summed E-state index contributed by atoms with van der Waals surface area (Å²) in [5.74, 6) is -2.57. The third-order valence-corrected chi connectivity index (χ3v) is 4.13. The van der Waals surface area contributed by atoms with E-state index in [1.807, 2.05) is 6.92 Å². The first-order valence-corrected chi connectivity index (χ1v) is 10.1. The molecular formula is C21H30ClNO10. The fourth-order valence-electron chi connectivity index (χ4n) is 2.63. The van der Waals surface area contributed by atoms with Crippen LogP contribution in [0.25, 0.3) is 0 Å². The van der Waals surface area contributed by atoms with Gasteiger partial charge in [0.25, 0.3) is 5.72 Å². The van der Waals surface area contributed by atoms with Gasteiger partial charge in [-0.15, -0.1) is 12.4 Å². The van der Waals surface area contributed by atoms with E-state index in [0.29, 0.717) is 12.0 Å². The molecule has 1 aromatic rings. The molecule has 0 bridgehead atoms. The molecule has 186 valence electrons. The second-order valence-electron chi connectivity index (χ2n) is 6.71. The Labute approximate surface area is 198 Å². The lowest BCUT2D eigenvalue weighted by Crippen LogP contribution is -2.59. The minimum Gasteiger partial charge on any atom is -0.477 e. The number of aliphatic carboxylic acids is 1. The number of esters is 1. The molecule has 0 fully saturated rings. The molecule has 0 saturated carbocycles. The minimum atomic E-state index is -2.08. The summed E-state index contributed by atoms with van der Waals surface area (Å²) in [6.45, 7) is 7.95. The first kappa shape index (κ1) is 29.9. The molecule has 12 heteroatoms. The maximum atomic E-state index is 12.1. The third kappa shape index (κ3) is 9.54. The molecule has 2 N–H and O–H groups in total. The first-order chi connectivity index (χ1) is 15.1. The molecule has 0 saturated heterocycles. The maximum absolute atomic E-state index is 12.1. The molecule has 0 aliphatic heterocycles. The van der Waals surface area contributed by atoms with Crippen molar-refractivity contribution in [2.24, 2.45) is 0 Å². The monoisotopic (exact) mass is 491 g/mol. The van der Waals surface area contributed by atoms with Crippen LogP contribution in [0.2, 0.25) is 0 Å². The molecule has 1 aromatic carbocycles. The van der Waals surface area contributed by atoms with Crippen molar-refractivity contribution in [3.63, 3.8) is 0 Å². The molecule has 0 aliphatic carbocycles. The van der Waals surface area contributed by atoms with Crippen LogP contribution in [0, 0.1) is 0 Å². The van der Waals surface area contributed by atoms with Crippen LogP contribution in [-0.4, -0.2) is 54.3 Å². The van der Waals surface area contributed by atoms with Crippen LogP contribution in [0.3, 0.4) is 0 Å². The highest BCUT2D eigenvalue weighted by atomic mass is 35.5. The van der Waals surface area contributed by atoms with Gasteiger partial charge in [0.05, 0.1) is 13.2 Å². The lowest BCUT2D eigenvalue weighted by molar-refractivity contribution is -0.183. The number of ether oxygens (including phenoxy) is 5. The van der Waals surface area contributed by atoms with E-state index >= 15 is 0 Å². The van der Waals surface area contributed by atoms with Gasteiger partial charge in [-0.3, -0.25) is 10.1 Å². The molecule has 0 spiro atoms. The molecular weight excluding hydrogens is 462 g/mol. The summed E-state index contributed by atoms with van der Waals surface area (Å²) in [6, 6.07) is 3.72. The molecule has 1 rings (SSSR count). The van der Waals surface area contributed by atoms with Crippen LogP contribution in [0.1, 0.15) is 46.6 Å². The summed E-state index contributed by atoms with van der Waals surface area (Å²) < 4.78 is 24.8. The molecule has 0 aromatic heterocycles. The smallest absolute Gasteiger partial charge is 0.477 e. The van der Waals surface area contributed by atoms with Gasteiger partial charge in [0.2, 0.25) is 0 Å². The van der Waals surface area contributed by atoms with E-state index in [1.54, 1.807) is 20.8 Å². The Morgan fingerprint density at radius 3 is 2.00 bits per heavy atom. The van der Waals surface area contributed by atoms with E-state index in [1.165, 1.54) is 18.2 Å². The largest absolute Gasteiger partial charge is 0.513 e. The van der Waals surface area contributed by atoms with E-state index in [-0.39, 0.29) is 49.6 Å². The van der Waals surface area contributed by atoms with E-state index < -0.39 is 30.0 Å². The molecule has 0 amide bonds. The van der Waals surface area contributed by atoms with E-state index in [2.05, 4.69) is 5.32 Å². The molecule has 0 aliphatic rings. The highest BCUT2D eigenvalue weighted by Crippen LogP contribution is 2.31. The SMILES string of the molecule is CCOC(=O)Oc1ccc(C[C@](NC(C)CC)(OC(C)=O)C(=O)O)cc1OC(=O)OCC.Cl. The summed E-state index contributed by atoms with van der Waals surface area (Å²) >= 11 is 0. The van der Waals surface area contributed by atoms with Gasteiger partial charge in [0.1, 0.15) is 0 Å². The summed E-state index contributed by atoms with van der Waals surface area (Å²) in [6.07, 6.45) is -1.82. The fraction of sp³-hybridized carbons (Fsp3) is 0.524. The third-order valence-electron chi connectivity index (χ3n) is 4.13. The van der Waals surface area contributed by atoms with Gasteiger partial charge in [0.15, 0.2) is 11.5 Å². The van der Waals surface area contributed by atoms with Crippen LogP contribution in [0.4, 0.5) is 9.59 Å². The quantitative estimate of drug-likeness (QED) is 0.203. The lowest BCUT2D eigenvalue weighted by atomic mass is 10.00. The Hall–Kier alpha value is -3.05. The predicted octanol–water partition coefficient (Wildman–Crippen LogP) is 3.45.